The number of aryl methyl sites for hydroxylation is 1. The second-order valence-electron chi connectivity index (χ2n) is 8.23. The maximum Gasteiger partial charge on any atom is 0.267 e. The lowest BCUT2D eigenvalue weighted by atomic mass is 9.95. The Bertz CT molecular complexity index is 1070. The molecule has 1 unspecified atom stereocenters. The molecule has 1 fully saturated rings. The van der Waals surface area contributed by atoms with Gasteiger partial charge in [0.2, 0.25) is 5.91 Å². The third-order valence-electron chi connectivity index (χ3n) is 5.91. The van der Waals surface area contributed by atoms with Gasteiger partial charge in [0.1, 0.15) is 4.88 Å². The fourth-order valence-corrected chi connectivity index (χ4v) is 4.82. The van der Waals surface area contributed by atoms with Crippen LogP contribution in [0.25, 0.3) is 11.1 Å². The molecule has 7 heteroatoms. The van der Waals surface area contributed by atoms with Gasteiger partial charge in [0.15, 0.2) is 0 Å². The molecule has 0 aliphatic carbocycles. The quantitative estimate of drug-likeness (QED) is 0.570. The number of hydrogen-bond acceptors (Lipinski definition) is 5. The van der Waals surface area contributed by atoms with Crippen molar-refractivity contribution in [2.75, 3.05) is 26.2 Å². The minimum Gasteiger partial charge on any atom is -0.341 e. The van der Waals surface area contributed by atoms with E-state index in [4.69, 9.17) is 0 Å². The number of aromatic nitrogens is 2. The third kappa shape index (κ3) is 4.88. The van der Waals surface area contributed by atoms with E-state index >= 15 is 0 Å². The van der Waals surface area contributed by atoms with Crippen molar-refractivity contribution in [1.82, 2.24) is 19.4 Å². The highest BCUT2D eigenvalue weighted by molar-refractivity contribution is 7.07. The molecule has 1 aliphatic heterocycles. The minimum atomic E-state index is -0.267. The van der Waals surface area contributed by atoms with Crippen LogP contribution in [-0.4, -0.2) is 57.4 Å². The van der Waals surface area contributed by atoms with Crippen LogP contribution in [0.4, 0.5) is 0 Å². The lowest BCUT2D eigenvalue weighted by Gasteiger charge is -2.23. The van der Waals surface area contributed by atoms with Gasteiger partial charge in [-0.2, -0.15) is 0 Å². The normalized spacial score (nSPS) is 16.8. The van der Waals surface area contributed by atoms with Gasteiger partial charge in [0.05, 0.1) is 11.6 Å². The smallest absolute Gasteiger partial charge is 0.267 e. The zero-order chi connectivity index (χ0) is 22.5. The summed E-state index contributed by atoms with van der Waals surface area (Å²) in [5, 5.41) is 3.98. The van der Waals surface area contributed by atoms with Gasteiger partial charge >= 0.3 is 0 Å². The molecule has 1 aromatic heterocycles. The molecule has 0 N–H and O–H groups in total. The summed E-state index contributed by atoms with van der Waals surface area (Å²) in [4.78, 5) is 30.7. The van der Waals surface area contributed by atoms with Crippen LogP contribution in [-0.2, 0) is 11.2 Å². The maximum absolute atomic E-state index is 13.3. The van der Waals surface area contributed by atoms with Crippen molar-refractivity contribution < 1.29 is 9.59 Å². The Hall–Kier alpha value is -3.06. The first-order valence-corrected chi connectivity index (χ1v) is 11.9. The fourth-order valence-electron chi connectivity index (χ4n) is 4.19. The van der Waals surface area contributed by atoms with Crippen molar-refractivity contribution in [3.63, 3.8) is 0 Å². The first kappa shape index (κ1) is 22.1. The highest BCUT2D eigenvalue weighted by Gasteiger charge is 2.33. The minimum absolute atomic E-state index is 0.0759. The second-order valence-corrected chi connectivity index (χ2v) is 8.98. The number of nitrogens with zero attached hydrogens (tertiary/aromatic N) is 4. The van der Waals surface area contributed by atoms with Crippen LogP contribution in [0.15, 0.2) is 54.6 Å². The number of hydrogen-bond donors (Lipinski definition) is 0. The number of rotatable bonds is 6. The SMILES string of the molecule is CCCN1CCN(C(=O)c2snnc2C)CC(Cc2ccc(-c3ccccc3)cc2)C1=O. The molecule has 3 aromatic rings. The van der Waals surface area contributed by atoms with Crippen molar-refractivity contribution in [3.05, 3.63) is 70.7 Å². The molecule has 166 valence electrons. The van der Waals surface area contributed by atoms with E-state index in [-0.39, 0.29) is 17.7 Å². The van der Waals surface area contributed by atoms with Crippen LogP contribution >= 0.6 is 11.5 Å². The largest absolute Gasteiger partial charge is 0.341 e. The molecular formula is C25H28N4O2S. The Morgan fingerprint density at radius 1 is 1.06 bits per heavy atom. The van der Waals surface area contributed by atoms with Crippen LogP contribution in [0.3, 0.4) is 0 Å². The molecule has 0 saturated carbocycles. The summed E-state index contributed by atoms with van der Waals surface area (Å²) in [6.45, 7) is 6.10. The summed E-state index contributed by atoms with van der Waals surface area (Å²) in [6.07, 6.45) is 1.51. The summed E-state index contributed by atoms with van der Waals surface area (Å²) in [5.74, 6) is -0.210. The lowest BCUT2D eigenvalue weighted by molar-refractivity contribution is -0.134. The van der Waals surface area contributed by atoms with Gasteiger partial charge in [-0.3, -0.25) is 9.59 Å². The van der Waals surface area contributed by atoms with Crippen LogP contribution in [0.5, 0.6) is 0 Å². The fraction of sp³-hybridized carbons (Fsp3) is 0.360. The molecule has 1 atom stereocenters. The predicted molar refractivity (Wildman–Crippen MR) is 126 cm³/mol. The van der Waals surface area contributed by atoms with E-state index in [1.165, 1.54) is 5.56 Å². The lowest BCUT2D eigenvalue weighted by Crippen LogP contribution is -2.38. The molecule has 1 saturated heterocycles. The van der Waals surface area contributed by atoms with Crippen LogP contribution in [0, 0.1) is 12.8 Å². The second kappa shape index (κ2) is 10.0. The maximum atomic E-state index is 13.3. The summed E-state index contributed by atoms with van der Waals surface area (Å²) < 4.78 is 3.91. The Labute approximate surface area is 193 Å². The van der Waals surface area contributed by atoms with Crippen molar-refractivity contribution in [1.29, 1.82) is 0 Å². The van der Waals surface area contributed by atoms with E-state index < -0.39 is 0 Å². The summed E-state index contributed by atoms with van der Waals surface area (Å²) in [5.41, 5.74) is 4.07. The van der Waals surface area contributed by atoms with Crippen molar-refractivity contribution in [3.8, 4) is 11.1 Å². The zero-order valence-electron chi connectivity index (χ0n) is 18.5. The molecule has 1 aliphatic rings. The Morgan fingerprint density at radius 3 is 2.44 bits per heavy atom. The third-order valence-corrected chi connectivity index (χ3v) is 6.73. The molecule has 2 amide bonds. The molecule has 2 heterocycles. The van der Waals surface area contributed by atoms with E-state index in [1.807, 2.05) is 23.1 Å². The average Bonchev–Trinajstić information content (AvgIpc) is 3.19. The van der Waals surface area contributed by atoms with E-state index in [1.54, 1.807) is 11.8 Å². The molecule has 0 radical (unpaired) electrons. The first-order valence-electron chi connectivity index (χ1n) is 11.1. The zero-order valence-corrected chi connectivity index (χ0v) is 19.3. The van der Waals surface area contributed by atoms with Gasteiger partial charge in [0, 0.05) is 26.2 Å². The van der Waals surface area contributed by atoms with Gasteiger partial charge in [-0.15, -0.1) is 5.10 Å². The summed E-state index contributed by atoms with van der Waals surface area (Å²) in [7, 11) is 0. The van der Waals surface area contributed by atoms with Crippen LogP contribution in [0.2, 0.25) is 0 Å². The predicted octanol–water partition coefficient (Wildman–Crippen LogP) is 4.07. The van der Waals surface area contributed by atoms with Crippen molar-refractivity contribution >= 4 is 23.3 Å². The Morgan fingerprint density at radius 2 is 1.78 bits per heavy atom. The number of benzene rings is 2. The van der Waals surface area contributed by atoms with E-state index in [9.17, 15) is 9.59 Å². The van der Waals surface area contributed by atoms with Gasteiger partial charge < -0.3 is 9.80 Å². The van der Waals surface area contributed by atoms with Gasteiger partial charge in [0.25, 0.3) is 5.91 Å². The molecule has 6 nitrogen and oxygen atoms in total. The molecule has 0 bridgehead atoms. The highest BCUT2D eigenvalue weighted by Crippen LogP contribution is 2.23. The summed E-state index contributed by atoms with van der Waals surface area (Å²) in [6, 6.07) is 18.6. The number of amides is 2. The van der Waals surface area contributed by atoms with Gasteiger partial charge in [-0.05, 0) is 48.0 Å². The van der Waals surface area contributed by atoms with E-state index in [0.717, 1.165) is 29.1 Å². The molecule has 0 spiro atoms. The van der Waals surface area contributed by atoms with Gasteiger partial charge in [-0.25, -0.2) is 0 Å². The Balaban J connectivity index is 1.54. The average molecular weight is 449 g/mol. The first-order chi connectivity index (χ1) is 15.6. The summed E-state index contributed by atoms with van der Waals surface area (Å²) >= 11 is 1.12. The standard InChI is InChI=1S/C25H28N4O2S/c1-3-13-28-14-15-29(25(31)23-18(2)26-27-32-23)17-22(24(28)30)16-19-9-11-21(12-10-19)20-7-5-4-6-8-20/h4-12,22H,3,13-17H2,1-2H3. The van der Waals surface area contributed by atoms with Crippen molar-refractivity contribution in [2.45, 2.75) is 26.7 Å². The van der Waals surface area contributed by atoms with Crippen LogP contribution < -0.4 is 0 Å². The highest BCUT2D eigenvalue weighted by atomic mass is 32.1. The van der Waals surface area contributed by atoms with Gasteiger partial charge in [-0.1, -0.05) is 66.0 Å². The van der Waals surface area contributed by atoms with E-state index in [2.05, 4.69) is 52.9 Å². The van der Waals surface area contributed by atoms with E-state index in [0.29, 0.717) is 43.2 Å². The molecule has 4 rings (SSSR count). The van der Waals surface area contributed by atoms with Crippen LogP contribution in [0.1, 0.15) is 34.3 Å². The number of carbonyl (C=O) groups excluding carboxylic acids is 2. The monoisotopic (exact) mass is 448 g/mol. The molecular weight excluding hydrogens is 420 g/mol. The van der Waals surface area contributed by atoms with Crippen molar-refractivity contribution in [2.24, 2.45) is 5.92 Å². The topological polar surface area (TPSA) is 66.4 Å². The Kier molecular flexibility index (Phi) is 6.95. The molecule has 32 heavy (non-hydrogen) atoms. The molecule has 2 aromatic carbocycles. The number of carbonyl (C=O) groups is 2.